The van der Waals surface area contributed by atoms with Crippen LogP contribution in [0.1, 0.15) is 12.8 Å². The maximum absolute atomic E-state index is 11.1. The second-order valence-electron chi connectivity index (χ2n) is 3.29. The van der Waals surface area contributed by atoms with E-state index in [0.29, 0.717) is 6.26 Å². The average Bonchev–Trinajstić information content (AvgIpc) is 2.03. The van der Waals surface area contributed by atoms with Gasteiger partial charge in [-0.15, -0.1) is 0 Å². The van der Waals surface area contributed by atoms with Gasteiger partial charge in [-0.2, -0.15) is 0 Å². The molecule has 0 aromatic carbocycles. The van der Waals surface area contributed by atoms with Crippen LogP contribution < -0.4 is 0 Å². The first kappa shape index (κ1) is 12.9. The standard InChI is InChI=1S/C9H17NO4/c1-10(2)9(14)6-8(13)5-7(12)3-4-11/h3-4,7-8,11-13H,5-6H2,1-2H3/b4-3+/t7-,8-/m1/s1. The van der Waals surface area contributed by atoms with Gasteiger partial charge in [0.25, 0.3) is 0 Å². The van der Waals surface area contributed by atoms with Crippen molar-refractivity contribution in [2.75, 3.05) is 14.1 Å². The molecule has 0 aliphatic rings. The van der Waals surface area contributed by atoms with Crippen molar-refractivity contribution < 1.29 is 20.1 Å². The number of carbonyl (C=O) groups is 1. The van der Waals surface area contributed by atoms with Gasteiger partial charge >= 0.3 is 0 Å². The maximum atomic E-state index is 11.1. The number of aliphatic hydroxyl groups excluding tert-OH is 3. The molecule has 0 rings (SSSR count). The molecule has 0 spiro atoms. The molecule has 0 bridgehead atoms. The quantitative estimate of drug-likeness (QED) is 0.533. The van der Waals surface area contributed by atoms with Crippen molar-refractivity contribution in [1.82, 2.24) is 4.90 Å². The lowest BCUT2D eigenvalue weighted by Gasteiger charge is -2.15. The first-order valence-electron chi connectivity index (χ1n) is 4.34. The third-order valence-corrected chi connectivity index (χ3v) is 1.73. The van der Waals surface area contributed by atoms with E-state index >= 15 is 0 Å². The number of amides is 1. The highest BCUT2D eigenvalue weighted by Gasteiger charge is 2.15. The summed E-state index contributed by atoms with van der Waals surface area (Å²) >= 11 is 0. The average molecular weight is 203 g/mol. The molecular formula is C9H17NO4. The summed E-state index contributed by atoms with van der Waals surface area (Å²) in [5.74, 6) is -0.197. The summed E-state index contributed by atoms with van der Waals surface area (Å²) in [6, 6.07) is 0. The Balaban J connectivity index is 3.86. The van der Waals surface area contributed by atoms with Gasteiger partial charge in [0.1, 0.15) is 0 Å². The Kier molecular flexibility index (Phi) is 5.91. The van der Waals surface area contributed by atoms with Gasteiger partial charge in [-0.25, -0.2) is 0 Å². The van der Waals surface area contributed by atoms with Crippen LogP contribution in [0.15, 0.2) is 12.3 Å². The van der Waals surface area contributed by atoms with Crippen molar-refractivity contribution in [3.05, 3.63) is 12.3 Å². The molecule has 5 heteroatoms. The van der Waals surface area contributed by atoms with Gasteiger partial charge in [0.2, 0.25) is 5.91 Å². The molecule has 14 heavy (non-hydrogen) atoms. The summed E-state index contributed by atoms with van der Waals surface area (Å²) in [4.78, 5) is 12.5. The molecule has 0 aromatic rings. The van der Waals surface area contributed by atoms with Gasteiger partial charge in [-0.05, 0) is 6.08 Å². The van der Waals surface area contributed by atoms with Crippen molar-refractivity contribution in [2.45, 2.75) is 25.0 Å². The predicted molar refractivity (Wildman–Crippen MR) is 51.7 cm³/mol. The molecule has 0 heterocycles. The van der Waals surface area contributed by atoms with E-state index in [1.54, 1.807) is 14.1 Å². The number of carbonyl (C=O) groups excluding carboxylic acids is 1. The second kappa shape index (κ2) is 6.39. The minimum Gasteiger partial charge on any atom is -0.516 e. The molecule has 0 aliphatic heterocycles. The zero-order valence-electron chi connectivity index (χ0n) is 8.42. The highest BCUT2D eigenvalue weighted by atomic mass is 16.3. The Morgan fingerprint density at radius 2 is 2.00 bits per heavy atom. The Morgan fingerprint density at radius 3 is 2.43 bits per heavy atom. The van der Waals surface area contributed by atoms with Gasteiger partial charge < -0.3 is 20.2 Å². The van der Waals surface area contributed by atoms with E-state index in [9.17, 15) is 9.90 Å². The van der Waals surface area contributed by atoms with Crippen molar-refractivity contribution >= 4 is 5.91 Å². The van der Waals surface area contributed by atoms with Crippen LogP contribution in [-0.4, -0.2) is 52.4 Å². The minimum atomic E-state index is -0.926. The summed E-state index contributed by atoms with van der Waals surface area (Å²) in [6.45, 7) is 0. The van der Waals surface area contributed by atoms with Crippen molar-refractivity contribution in [1.29, 1.82) is 0 Å². The van der Waals surface area contributed by atoms with Crippen LogP contribution in [0.25, 0.3) is 0 Å². The lowest BCUT2D eigenvalue weighted by atomic mass is 10.1. The Hall–Kier alpha value is -1.07. The van der Waals surface area contributed by atoms with Crippen molar-refractivity contribution in [3.8, 4) is 0 Å². The lowest BCUT2D eigenvalue weighted by Crippen LogP contribution is -2.28. The summed E-state index contributed by atoms with van der Waals surface area (Å²) in [5.41, 5.74) is 0. The number of aliphatic hydroxyl groups is 3. The Morgan fingerprint density at radius 1 is 1.43 bits per heavy atom. The minimum absolute atomic E-state index is 0.0245. The summed E-state index contributed by atoms with van der Waals surface area (Å²) in [5, 5.41) is 26.8. The molecule has 5 nitrogen and oxygen atoms in total. The predicted octanol–water partition coefficient (Wildman–Crippen LogP) is -0.352. The third-order valence-electron chi connectivity index (χ3n) is 1.73. The number of hydrogen-bond donors (Lipinski definition) is 3. The van der Waals surface area contributed by atoms with E-state index in [-0.39, 0.29) is 18.7 Å². The molecule has 0 unspecified atom stereocenters. The maximum Gasteiger partial charge on any atom is 0.224 e. The van der Waals surface area contributed by atoms with Crippen LogP contribution >= 0.6 is 0 Å². The zero-order valence-corrected chi connectivity index (χ0v) is 8.42. The highest BCUT2D eigenvalue weighted by Crippen LogP contribution is 2.04. The zero-order chi connectivity index (χ0) is 11.1. The summed E-state index contributed by atoms with van der Waals surface area (Å²) in [6.07, 6.45) is 0.0511. The second-order valence-corrected chi connectivity index (χ2v) is 3.29. The molecule has 82 valence electrons. The van der Waals surface area contributed by atoms with Crippen molar-refractivity contribution in [2.24, 2.45) is 0 Å². The van der Waals surface area contributed by atoms with E-state index in [1.165, 1.54) is 4.90 Å². The van der Waals surface area contributed by atoms with Crippen LogP contribution in [0.5, 0.6) is 0 Å². The van der Waals surface area contributed by atoms with E-state index in [2.05, 4.69) is 0 Å². The highest BCUT2D eigenvalue weighted by molar-refractivity contribution is 5.75. The van der Waals surface area contributed by atoms with Gasteiger partial charge in [0.05, 0.1) is 24.9 Å². The molecule has 0 saturated heterocycles. The van der Waals surface area contributed by atoms with Gasteiger partial charge in [0, 0.05) is 20.5 Å². The largest absolute Gasteiger partial charge is 0.516 e. The lowest BCUT2D eigenvalue weighted by molar-refractivity contribution is -0.130. The molecule has 0 aliphatic carbocycles. The SMILES string of the molecule is CN(C)C(=O)C[C@H](O)C[C@H](O)/C=C/O. The van der Waals surface area contributed by atoms with Crippen LogP contribution in [0.3, 0.4) is 0 Å². The van der Waals surface area contributed by atoms with E-state index in [0.717, 1.165) is 6.08 Å². The summed E-state index contributed by atoms with van der Waals surface area (Å²) < 4.78 is 0. The fourth-order valence-corrected chi connectivity index (χ4v) is 0.924. The van der Waals surface area contributed by atoms with E-state index in [1.807, 2.05) is 0 Å². The molecule has 3 N–H and O–H groups in total. The summed E-state index contributed by atoms with van der Waals surface area (Å²) in [7, 11) is 3.19. The Bertz CT molecular complexity index is 203. The number of nitrogens with zero attached hydrogens (tertiary/aromatic N) is 1. The molecule has 0 radical (unpaired) electrons. The molecule has 0 saturated carbocycles. The van der Waals surface area contributed by atoms with Gasteiger partial charge in [-0.3, -0.25) is 4.79 Å². The van der Waals surface area contributed by atoms with Crippen LogP contribution in [0, 0.1) is 0 Å². The number of hydrogen-bond acceptors (Lipinski definition) is 4. The van der Waals surface area contributed by atoms with Gasteiger partial charge in [-0.1, -0.05) is 0 Å². The molecule has 2 atom stereocenters. The fraction of sp³-hybridized carbons (Fsp3) is 0.667. The van der Waals surface area contributed by atoms with Crippen LogP contribution in [-0.2, 0) is 4.79 Å². The molecule has 0 aromatic heterocycles. The van der Waals surface area contributed by atoms with E-state index in [4.69, 9.17) is 10.2 Å². The smallest absolute Gasteiger partial charge is 0.224 e. The van der Waals surface area contributed by atoms with Crippen LogP contribution in [0.2, 0.25) is 0 Å². The van der Waals surface area contributed by atoms with Crippen molar-refractivity contribution in [3.63, 3.8) is 0 Å². The number of rotatable bonds is 5. The van der Waals surface area contributed by atoms with Gasteiger partial charge in [0.15, 0.2) is 0 Å². The fourth-order valence-electron chi connectivity index (χ4n) is 0.924. The molecule has 1 amide bonds. The first-order valence-corrected chi connectivity index (χ1v) is 4.34. The first-order chi connectivity index (χ1) is 6.47. The normalized spacial score (nSPS) is 15.4. The topological polar surface area (TPSA) is 81.0 Å². The monoisotopic (exact) mass is 203 g/mol. The van der Waals surface area contributed by atoms with E-state index < -0.39 is 12.2 Å². The van der Waals surface area contributed by atoms with Crippen LogP contribution in [0.4, 0.5) is 0 Å². The molecular weight excluding hydrogens is 186 g/mol. The molecule has 0 fully saturated rings. The Labute approximate surface area is 83.3 Å². The third kappa shape index (κ3) is 5.55.